The SMILES string of the molecule is O=C(NC1C=CCCC1)Oc1ccncc1[N+](=O)[O-]. The molecule has 100 valence electrons. The molecule has 2 rings (SSSR count). The van der Waals surface area contributed by atoms with Crippen LogP contribution >= 0.6 is 0 Å². The summed E-state index contributed by atoms with van der Waals surface area (Å²) < 4.78 is 4.94. The zero-order chi connectivity index (χ0) is 13.7. The van der Waals surface area contributed by atoms with Crippen LogP contribution in [-0.4, -0.2) is 22.0 Å². The highest BCUT2D eigenvalue weighted by Crippen LogP contribution is 2.24. The highest BCUT2D eigenvalue weighted by Gasteiger charge is 2.19. The van der Waals surface area contributed by atoms with Gasteiger partial charge >= 0.3 is 11.8 Å². The van der Waals surface area contributed by atoms with Crippen LogP contribution in [0.5, 0.6) is 5.75 Å². The Morgan fingerprint density at radius 1 is 1.58 bits per heavy atom. The van der Waals surface area contributed by atoms with Gasteiger partial charge < -0.3 is 10.1 Å². The summed E-state index contributed by atoms with van der Waals surface area (Å²) in [5.74, 6) is -0.114. The predicted octanol–water partition coefficient (Wildman–Crippen LogP) is 2.19. The number of pyridine rings is 1. The summed E-state index contributed by atoms with van der Waals surface area (Å²) in [5, 5.41) is 13.4. The fraction of sp³-hybridized carbons (Fsp3) is 0.333. The molecule has 0 aliphatic heterocycles. The van der Waals surface area contributed by atoms with Gasteiger partial charge in [0.2, 0.25) is 5.75 Å². The first-order valence-corrected chi connectivity index (χ1v) is 5.90. The van der Waals surface area contributed by atoms with Crippen molar-refractivity contribution in [3.8, 4) is 5.75 Å². The van der Waals surface area contributed by atoms with Crippen LogP contribution in [0.25, 0.3) is 0 Å². The molecule has 1 aliphatic rings. The van der Waals surface area contributed by atoms with Crippen LogP contribution < -0.4 is 10.1 Å². The molecule has 1 unspecified atom stereocenters. The summed E-state index contributed by atoms with van der Waals surface area (Å²) in [5.41, 5.74) is -0.336. The van der Waals surface area contributed by atoms with E-state index < -0.39 is 11.0 Å². The molecule has 1 aromatic rings. The molecule has 7 heteroatoms. The highest BCUT2D eigenvalue weighted by atomic mass is 16.6. The molecule has 1 amide bonds. The summed E-state index contributed by atoms with van der Waals surface area (Å²) in [6.45, 7) is 0. The smallest absolute Gasteiger partial charge is 0.403 e. The minimum absolute atomic E-state index is 0.0813. The van der Waals surface area contributed by atoms with Crippen LogP contribution in [0.15, 0.2) is 30.6 Å². The molecule has 19 heavy (non-hydrogen) atoms. The monoisotopic (exact) mass is 263 g/mol. The van der Waals surface area contributed by atoms with Crippen LogP contribution in [-0.2, 0) is 0 Å². The second kappa shape index (κ2) is 5.94. The zero-order valence-electron chi connectivity index (χ0n) is 10.1. The van der Waals surface area contributed by atoms with Gasteiger partial charge in [-0.15, -0.1) is 0 Å². The van der Waals surface area contributed by atoms with Gasteiger partial charge in [0.1, 0.15) is 6.20 Å². The van der Waals surface area contributed by atoms with Crippen LogP contribution in [0, 0.1) is 10.1 Å². The first-order chi connectivity index (χ1) is 9.16. The fourth-order valence-corrected chi connectivity index (χ4v) is 1.81. The second-order valence-electron chi connectivity index (χ2n) is 4.10. The van der Waals surface area contributed by atoms with E-state index in [0.29, 0.717) is 0 Å². The number of carbonyl (C=O) groups excluding carboxylic acids is 1. The third-order valence-corrected chi connectivity index (χ3v) is 2.72. The Kier molecular flexibility index (Phi) is 4.07. The lowest BCUT2D eigenvalue weighted by atomic mass is 10.0. The zero-order valence-corrected chi connectivity index (χ0v) is 10.1. The number of nitro groups is 1. The maximum atomic E-state index is 11.6. The van der Waals surface area contributed by atoms with E-state index in [1.54, 1.807) is 0 Å². The minimum atomic E-state index is -0.703. The van der Waals surface area contributed by atoms with Crippen LogP contribution in [0.1, 0.15) is 19.3 Å². The van der Waals surface area contributed by atoms with Gasteiger partial charge in [-0.1, -0.05) is 12.2 Å². The van der Waals surface area contributed by atoms with Crippen LogP contribution in [0.4, 0.5) is 10.5 Å². The molecule has 0 bridgehead atoms. The Bertz CT molecular complexity index is 515. The number of nitrogens with one attached hydrogen (secondary N) is 1. The van der Waals surface area contributed by atoms with Crippen LogP contribution in [0.3, 0.4) is 0 Å². The van der Waals surface area contributed by atoms with Gasteiger partial charge in [0.15, 0.2) is 0 Å². The van der Waals surface area contributed by atoms with Crippen molar-refractivity contribution in [1.82, 2.24) is 10.3 Å². The normalized spacial score (nSPS) is 17.8. The molecule has 7 nitrogen and oxygen atoms in total. The van der Waals surface area contributed by atoms with Crippen molar-refractivity contribution in [3.05, 3.63) is 40.7 Å². The van der Waals surface area contributed by atoms with Gasteiger partial charge in [-0.3, -0.25) is 15.1 Å². The third-order valence-electron chi connectivity index (χ3n) is 2.72. The lowest BCUT2D eigenvalue weighted by Gasteiger charge is -2.17. The Labute approximate surface area is 109 Å². The number of aromatic nitrogens is 1. The molecular weight excluding hydrogens is 250 g/mol. The maximum absolute atomic E-state index is 11.6. The molecule has 1 N–H and O–H groups in total. The van der Waals surface area contributed by atoms with E-state index >= 15 is 0 Å². The molecule has 0 saturated carbocycles. The van der Waals surface area contributed by atoms with Gasteiger partial charge in [0, 0.05) is 12.3 Å². The second-order valence-corrected chi connectivity index (χ2v) is 4.10. The molecule has 0 spiro atoms. The standard InChI is InChI=1S/C12H13N3O4/c16-12(14-9-4-2-1-3-5-9)19-11-6-7-13-8-10(11)15(17)18/h2,4,6-9H,1,3,5H2,(H,14,16). The molecular formula is C12H13N3O4. The molecule has 0 fully saturated rings. The Morgan fingerprint density at radius 3 is 3.11 bits per heavy atom. The van der Waals surface area contributed by atoms with Crippen molar-refractivity contribution >= 4 is 11.8 Å². The Hall–Kier alpha value is -2.44. The van der Waals surface area contributed by atoms with Crippen molar-refractivity contribution in [2.45, 2.75) is 25.3 Å². The first kappa shape index (κ1) is 13.0. The van der Waals surface area contributed by atoms with E-state index in [2.05, 4.69) is 10.3 Å². The Morgan fingerprint density at radius 2 is 2.42 bits per heavy atom. The fourth-order valence-electron chi connectivity index (χ4n) is 1.81. The van der Waals surface area contributed by atoms with Gasteiger partial charge in [0.05, 0.1) is 11.0 Å². The van der Waals surface area contributed by atoms with Gasteiger partial charge in [0.25, 0.3) is 0 Å². The minimum Gasteiger partial charge on any atom is -0.403 e. The molecule has 0 aromatic carbocycles. The first-order valence-electron chi connectivity index (χ1n) is 5.90. The lowest BCUT2D eigenvalue weighted by molar-refractivity contribution is -0.385. The van der Waals surface area contributed by atoms with Crippen molar-refractivity contribution in [1.29, 1.82) is 0 Å². The predicted molar refractivity (Wildman–Crippen MR) is 66.8 cm³/mol. The van der Waals surface area contributed by atoms with Gasteiger partial charge in [-0.25, -0.2) is 4.79 Å². The summed E-state index contributed by atoms with van der Waals surface area (Å²) in [4.78, 5) is 25.4. The molecule has 0 radical (unpaired) electrons. The quantitative estimate of drug-likeness (QED) is 0.512. The topological polar surface area (TPSA) is 94.4 Å². The average molecular weight is 263 g/mol. The summed E-state index contributed by atoms with van der Waals surface area (Å²) in [6.07, 6.45) is 8.39. The molecule has 0 saturated heterocycles. The molecule has 1 atom stereocenters. The number of hydrogen-bond acceptors (Lipinski definition) is 5. The number of nitrogens with zero attached hydrogens (tertiary/aromatic N) is 2. The van der Waals surface area contributed by atoms with Crippen LogP contribution in [0.2, 0.25) is 0 Å². The number of ether oxygens (including phenoxy) is 1. The van der Waals surface area contributed by atoms with Gasteiger partial charge in [-0.2, -0.15) is 0 Å². The van der Waals surface area contributed by atoms with Crippen molar-refractivity contribution < 1.29 is 14.5 Å². The lowest BCUT2D eigenvalue weighted by Crippen LogP contribution is -2.36. The van der Waals surface area contributed by atoms with Crippen molar-refractivity contribution in [3.63, 3.8) is 0 Å². The average Bonchev–Trinajstić information content (AvgIpc) is 2.40. The summed E-state index contributed by atoms with van der Waals surface area (Å²) >= 11 is 0. The van der Waals surface area contributed by atoms with E-state index in [4.69, 9.17) is 4.74 Å². The molecule has 1 heterocycles. The number of rotatable bonds is 3. The van der Waals surface area contributed by atoms with E-state index in [9.17, 15) is 14.9 Å². The maximum Gasteiger partial charge on any atom is 0.413 e. The van der Waals surface area contributed by atoms with Crippen molar-refractivity contribution in [2.24, 2.45) is 0 Å². The number of carbonyl (C=O) groups is 1. The number of amides is 1. The summed E-state index contributed by atoms with van der Waals surface area (Å²) in [6, 6.07) is 1.20. The van der Waals surface area contributed by atoms with E-state index in [1.807, 2.05) is 12.2 Å². The number of allylic oxidation sites excluding steroid dienone is 1. The van der Waals surface area contributed by atoms with E-state index in [0.717, 1.165) is 25.5 Å². The molecule has 1 aromatic heterocycles. The highest BCUT2D eigenvalue weighted by molar-refractivity contribution is 5.72. The number of hydrogen-bond donors (Lipinski definition) is 1. The van der Waals surface area contributed by atoms with Crippen molar-refractivity contribution in [2.75, 3.05) is 0 Å². The van der Waals surface area contributed by atoms with E-state index in [1.165, 1.54) is 12.3 Å². The van der Waals surface area contributed by atoms with E-state index in [-0.39, 0.29) is 17.5 Å². The largest absolute Gasteiger partial charge is 0.413 e. The summed E-state index contributed by atoms with van der Waals surface area (Å²) in [7, 11) is 0. The third kappa shape index (κ3) is 3.51. The Balaban J connectivity index is 2.00. The van der Waals surface area contributed by atoms with Gasteiger partial charge in [-0.05, 0) is 19.3 Å². The molecule has 1 aliphatic carbocycles.